The van der Waals surface area contributed by atoms with Gasteiger partial charge in [0.05, 0.1) is 24.4 Å². The predicted octanol–water partition coefficient (Wildman–Crippen LogP) is 5.12. The molecule has 0 aliphatic heterocycles. The standard InChI is InChI=1S/C16H17BrClNO2/c1-3-21-15-6-4-5-11(16(15)20-2)10-19-14-8-7-12(17)9-13(14)18/h4-9,19H,3,10H2,1-2H3. The van der Waals surface area contributed by atoms with Crippen molar-refractivity contribution in [2.45, 2.75) is 13.5 Å². The molecule has 2 aromatic carbocycles. The van der Waals surface area contributed by atoms with Crippen LogP contribution in [0.4, 0.5) is 5.69 Å². The maximum atomic E-state index is 6.20. The highest BCUT2D eigenvalue weighted by Gasteiger charge is 2.10. The van der Waals surface area contributed by atoms with Crippen molar-refractivity contribution >= 4 is 33.2 Å². The van der Waals surface area contributed by atoms with Crippen LogP contribution in [-0.4, -0.2) is 13.7 Å². The van der Waals surface area contributed by atoms with Crippen LogP contribution in [0.1, 0.15) is 12.5 Å². The van der Waals surface area contributed by atoms with Gasteiger partial charge in [-0.25, -0.2) is 0 Å². The van der Waals surface area contributed by atoms with E-state index in [0.29, 0.717) is 18.2 Å². The Hall–Kier alpha value is -1.39. The van der Waals surface area contributed by atoms with E-state index in [1.54, 1.807) is 7.11 Å². The van der Waals surface area contributed by atoms with Crippen LogP contribution in [0.3, 0.4) is 0 Å². The van der Waals surface area contributed by atoms with Crippen LogP contribution in [0.5, 0.6) is 11.5 Å². The fourth-order valence-corrected chi connectivity index (χ4v) is 2.76. The predicted molar refractivity (Wildman–Crippen MR) is 90.6 cm³/mol. The first kappa shape index (κ1) is 16.0. The van der Waals surface area contributed by atoms with Gasteiger partial charge in [0, 0.05) is 16.6 Å². The maximum absolute atomic E-state index is 6.20. The molecule has 1 N–H and O–H groups in total. The average Bonchev–Trinajstić information content (AvgIpc) is 2.47. The first-order valence-electron chi connectivity index (χ1n) is 6.63. The molecule has 112 valence electrons. The van der Waals surface area contributed by atoms with E-state index < -0.39 is 0 Å². The molecule has 0 amide bonds. The molecule has 0 aliphatic rings. The zero-order valence-corrected chi connectivity index (χ0v) is 14.3. The summed E-state index contributed by atoms with van der Waals surface area (Å²) in [6.07, 6.45) is 0. The third kappa shape index (κ3) is 4.05. The lowest BCUT2D eigenvalue weighted by Crippen LogP contribution is -2.04. The van der Waals surface area contributed by atoms with E-state index in [1.165, 1.54) is 0 Å². The first-order valence-corrected chi connectivity index (χ1v) is 7.80. The second-order valence-corrected chi connectivity index (χ2v) is 5.68. The molecule has 0 spiro atoms. The Labute approximate surface area is 138 Å². The van der Waals surface area contributed by atoms with E-state index in [1.807, 2.05) is 43.3 Å². The number of anilines is 1. The van der Waals surface area contributed by atoms with Gasteiger partial charge < -0.3 is 14.8 Å². The smallest absolute Gasteiger partial charge is 0.165 e. The number of nitrogens with one attached hydrogen (secondary N) is 1. The number of para-hydroxylation sites is 1. The maximum Gasteiger partial charge on any atom is 0.165 e. The Balaban J connectivity index is 2.17. The van der Waals surface area contributed by atoms with Crippen LogP contribution in [0.15, 0.2) is 40.9 Å². The van der Waals surface area contributed by atoms with Crippen molar-refractivity contribution in [3.63, 3.8) is 0 Å². The molecule has 0 atom stereocenters. The Kier molecular flexibility index (Phi) is 5.76. The second kappa shape index (κ2) is 7.57. The molecule has 0 saturated carbocycles. The van der Waals surface area contributed by atoms with E-state index in [-0.39, 0.29) is 0 Å². The fourth-order valence-electron chi connectivity index (χ4n) is 2.02. The van der Waals surface area contributed by atoms with E-state index in [4.69, 9.17) is 21.1 Å². The van der Waals surface area contributed by atoms with E-state index in [9.17, 15) is 0 Å². The van der Waals surface area contributed by atoms with Gasteiger partial charge in [-0.3, -0.25) is 0 Å². The van der Waals surface area contributed by atoms with Gasteiger partial charge in [0.1, 0.15) is 0 Å². The lowest BCUT2D eigenvalue weighted by Gasteiger charge is -2.15. The highest BCUT2D eigenvalue weighted by atomic mass is 79.9. The number of benzene rings is 2. The van der Waals surface area contributed by atoms with Crippen LogP contribution >= 0.6 is 27.5 Å². The third-order valence-electron chi connectivity index (χ3n) is 2.96. The van der Waals surface area contributed by atoms with Crippen LogP contribution in [0.2, 0.25) is 5.02 Å². The lowest BCUT2D eigenvalue weighted by molar-refractivity contribution is 0.309. The highest BCUT2D eigenvalue weighted by molar-refractivity contribution is 9.10. The number of halogens is 2. The van der Waals surface area contributed by atoms with E-state index in [0.717, 1.165) is 27.2 Å². The third-order valence-corrected chi connectivity index (χ3v) is 3.77. The molecule has 2 rings (SSSR count). The summed E-state index contributed by atoms with van der Waals surface area (Å²) in [4.78, 5) is 0. The van der Waals surface area contributed by atoms with Crippen LogP contribution < -0.4 is 14.8 Å². The van der Waals surface area contributed by atoms with Crippen molar-refractivity contribution in [1.82, 2.24) is 0 Å². The van der Waals surface area contributed by atoms with Crippen molar-refractivity contribution < 1.29 is 9.47 Å². The molecule has 0 aromatic heterocycles. The molecule has 0 fully saturated rings. The topological polar surface area (TPSA) is 30.5 Å². The molecule has 0 heterocycles. The number of ether oxygens (including phenoxy) is 2. The minimum atomic E-state index is 0.603. The molecule has 0 unspecified atom stereocenters. The first-order chi connectivity index (χ1) is 10.2. The zero-order chi connectivity index (χ0) is 15.2. The average molecular weight is 371 g/mol. The summed E-state index contributed by atoms with van der Waals surface area (Å²) in [6, 6.07) is 11.6. The van der Waals surface area contributed by atoms with Crippen molar-refractivity contribution in [3.05, 3.63) is 51.5 Å². The van der Waals surface area contributed by atoms with Crippen molar-refractivity contribution in [2.75, 3.05) is 19.0 Å². The van der Waals surface area contributed by atoms with Crippen LogP contribution in [0.25, 0.3) is 0 Å². The second-order valence-electron chi connectivity index (χ2n) is 4.36. The van der Waals surface area contributed by atoms with Gasteiger partial charge in [-0.1, -0.05) is 39.7 Å². The van der Waals surface area contributed by atoms with Gasteiger partial charge in [0.2, 0.25) is 0 Å². The van der Waals surface area contributed by atoms with Gasteiger partial charge in [-0.05, 0) is 31.2 Å². The number of methoxy groups -OCH3 is 1. The summed E-state index contributed by atoms with van der Waals surface area (Å²) < 4.78 is 12.0. The van der Waals surface area contributed by atoms with Gasteiger partial charge in [-0.2, -0.15) is 0 Å². The molecule has 0 saturated heterocycles. The fraction of sp³-hybridized carbons (Fsp3) is 0.250. The molecule has 3 nitrogen and oxygen atoms in total. The van der Waals surface area contributed by atoms with Gasteiger partial charge in [0.15, 0.2) is 11.5 Å². The van der Waals surface area contributed by atoms with Crippen molar-refractivity contribution in [1.29, 1.82) is 0 Å². The van der Waals surface area contributed by atoms with E-state index >= 15 is 0 Å². The monoisotopic (exact) mass is 369 g/mol. The quantitative estimate of drug-likeness (QED) is 0.765. The normalized spacial score (nSPS) is 10.3. The SMILES string of the molecule is CCOc1cccc(CNc2ccc(Br)cc2Cl)c1OC. The molecule has 2 aromatic rings. The Bertz CT molecular complexity index is 619. The number of rotatable bonds is 6. The Morgan fingerprint density at radius 1 is 1.24 bits per heavy atom. The minimum absolute atomic E-state index is 0.603. The Morgan fingerprint density at radius 2 is 2.05 bits per heavy atom. The molecule has 5 heteroatoms. The molecular weight excluding hydrogens is 354 g/mol. The van der Waals surface area contributed by atoms with Crippen molar-refractivity contribution in [2.24, 2.45) is 0 Å². The summed E-state index contributed by atoms with van der Waals surface area (Å²) in [7, 11) is 1.65. The molecule has 21 heavy (non-hydrogen) atoms. The highest BCUT2D eigenvalue weighted by Crippen LogP contribution is 2.32. The molecule has 0 aliphatic carbocycles. The van der Waals surface area contributed by atoms with Gasteiger partial charge in [-0.15, -0.1) is 0 Å². The Morgan fingerprint density at radius 3 is 2.71 bits per heavy atom. The van der Waals surface area contributed by atoms with Gasteiger partial charge >= 0.3 is 0 Å². The summed E-state index contributed by atoms with van der Waals surface area (Å²) in [5.74, 6) is 1.50. The molecule has 0 radical (unpaired) electrons. The zero-order valence-electron chi connectivity index (χ0n) is 12.0. The molecule has 0 bridgehead atoms. The minimum Gasteiger partial charge on any atom is -0.493 e. The summed E-state index contributed by atoms with van der Waals surface area (Å²) in [6.45, 7) is 3.16. The molecular formula is C16H17BrClNO2. The lowest BCUT2D eigenvalue weighted by atomic mass is 10.1. The summed E-state index contributed by atoms with van der Waals surface area (Å²) in [5.41, 5.74) is 1.89. The van der Waals surface area contributed by atoms with Crippen LogP contribution in [0, 0.1) is 0 Å². The van der Waals surface area contributed by atoms with Crippen LogP contribution in [-0.2, 0) is 6.54 Å². The van der Waals surface area contributed by atoms with E-state index in [2.05, 4.69) is 21.2 Å². The summed E-state index contributed by atoms with van der Waals surface area (Å²) in [5, 5.41) is 3.98. The van der Waals surface area contributed by atoms with Gasteiger partial charge in [0.25, 0.3) is 0 Å². The summed E-state index contributed by atoms with van der Waals surface area (Å²) >= 11 is 9.60. The number of hydrogen-bond donors (Lipinski definition) is 1. The number of hydrogen-bond acceptors (Lipinski definition) is 3. The van der Waals surface area contributed by atoms with Crippen molar-refractivity contribution in [3.8, 4) is 11.5 Å². The largest absolute Gasteiger partial charge is 0.493 e.